The van der Waals surface area contributed by atoms with Gasteiger partial charge in [-0.15, -0.1) is 11.8 Å². The Morgan fingerprint density at radius 2 is 2.46 bits per heavy atom. The molecule has 0 spiro atoms. The Labute approximate surface area is 90.6 Å². The fraction of sp³-hybridized carbons (Fsp3) is 0.444. The first-order valence-corrected chi connectivity index (χ1v) is 6.08. The molecule has 0 bridgehead atoms. The van der Waals surface area contributed by atoms with E-state index in [2.05, 4.69) is 39.2 Å². The SMILES string of the molecule is CC1CSC(c2cncc(Br)c2)N1. The van der Waals surface area contributed by atoms with Crippen LogP contribution in [0.25, 0.3) is 0 Å². The van der Waals surface area contributed by atoms with E-state index in [-0.39, 0.29) is 0 Å². The number of pyridine rings is 1. The zero-order valence-corrected chi connectivity index (χ0v) is 9.73. The minimum atomic E-state index is 0.417. The quantitative estimate of drug-likeness (QED) is 0.839. The zero-order valence-electron chi connectivity index (χ0n) is 7.33. The van der Waals surface area contributed by atoms with Crippen LogP contribution in [0.4, 0.5) is 0 Å². The summed E-state index contributed by atoms with van der Waals surface area (Å²) in [6.45, 7) is 2.21. The van der Waals surface area contributed by atoms with Gasteiger partial charge in [-0.05, 0) is 34.5 Å². The molecule has 70 valence electrons. The van der Waals surface area contributed by atoms with Gasteiger partial charge in [0.05, 0.1) is 5.37 Å². The number of thioether (sulfide) groups is 1. The number of rotatable bonds is 1. The number of nitrogens with one attached hydrogen (secondary N) is 1. The molecular weight excluding hydrogens is 248 g/mol. The maximum atomic E-state index is 4.15. The predicted octanol–water partition coefficient (Wildman–Crippen LogP) is 2.57. The molecule has 1 aromatic heterocycles. The third kappa shape index (κ3) is 2.24. The molecule has 1 aromatic rings. The highest BCUT2D eigenvalue weighted by Gasteiger charge is 2.22. The van der Waals surface area contributed by atoms with Crippen molar-refractivity contribution in [3.05, 3.63) is 28.5 Å². The minimum Gasteiger partial charge on any atom is -0.298 e. The lowest BCUT2D eigenvalue weighted by atomic mass is 10.2. The molecule has 1 aliphatic heterocycles. The molecule has 1 N–H and O–H groups in total. The number of hydrogen-bond donors (Lipinski definition) is 1. The maximum absolute atomic E-state index is 4.15. The first-order valence-electron chi connectivity index (χ1n) is 4.24. The fourth-order valence-corrected chi connectivity index (χ4v) is 2.97. The summed E-state index contributed by atoms with van der Waals surface area (Å²) in [7, 11) is 0. The summed E-state index contributed by atoms with van der Waals surface area (Å²) in [6.07, 6.45) is 3.74. The third-order valence-electron chi connectivity index (χ3n) is 1.98. The summed E-state index contributed by atoms with van der Waals surface area (Å²) >= 11 is 5.37. The lowest BCUT2D eigenvalue weighted by molar-refractivity contribution is 0.617. The molecule has 2 atom stereocenters. The van der Waals surface area contributed by atoms with Crippen molar-refractivity contribution in [2.24, 2.45) is 0 Å². The molecule has 2 unspecified atom stereocenters. The van der Waals surface area contributed by atoms with E-state index in [0.717, 1.165) is 4.47 Å². The molecular formula is C9H11BrN2S. The lowest BCUT2D eigenvalue weighted by Gasteiger charge is -2.10. The third-order valence-corrected chi connectivity index (χ3v) is 3.85. The van der Waals surface area contributed by atoms with E-state index in [1.165, 1.54) is 11.3 Å². The fourth-order valence-electron chi connectivity index (χ4n) is 1.36. The number of halogens is 1. The van der Waals surface area contributed by atoms with Crippen LogP contribution in [0, 0.1) is 0 Å². The number of aromatic nitrogens is 1. The van der Waals surface area contributed by atoms with Crippen LogP contribution in [0.5, 0.6) is 0 Å². The molecule has 1 fully saturated rings. The topological polar surface area (TPSA) is 24.9 Å². The highest BCUT2D eigenvalue weighted by Crippen LogP contribution is 2.32. The second-order valence-corrected chi connectivity index (χ2v) is 5.27. The van der Waals surface area contributed by atoms with E-state index in [1.54, 1.807) is 0 Å². The van der Waals surface area contributed by atoms with E-state index in [9.17, 15) is 0 Å². The normalized spacial score (nSPS) is 27.8. The highest BCUT2D eigenvalue weighted by atomic mass is 79.9. The van der Waals surface area contributed by atoms with Crippen molar-refractivity contribution in [1.82, 2.24) is 10.3 Å². The van der Waals surface area contributed by atoms with E-state index >= 15 is 0 Å². The van der Waals surface area contributed by atoms with Crippen molar-refractivity contribution >= 4 is 27.7 Å². The Morgan fingerprint density at radius 3 is 3.08 bits per heavy atom. The standard InChI is InChI=1S/C9H11BrN2S/c1-6-5-13-9(12-6)7-2-8(10)4-11-3-7/h2-4,6,9,12H,5H2,1H3. The van der Waals surface area contributed by atoms with Crippen LogP contribution in [0.2, 0.25) is 0 Å². The van der Waals surface area contributed by atoms with E-state index in [4.69, 9.17) is 0 Å². The smallest absolute Gasteiger partial charge is 0.0807 e. The molecule has 0 amide bonds. The van der Waals surface area contributed by atoms with Crippen molar-refractivity contribution in [3.8, 4) is 0 Å². The van der Waals surface area contributed by atoms with Gasteiger partial charge in [0.15, 0.2) is 0 Å². The first-order chi connectivity index (χ1) is 6.25. The summed E-state index contributed by atoms with van der Waals surface area (Å²) in [5.74, 6) is 1.18. The van der Waals surface area contributed by atoms with Crippen LogP contribution in [0.1, 0.15) is 17.9 Å². The Bertz CT molecular complexity index is 305. The van der Waals surface area contributed by atoms with Gasteiger partial charge in [0, 0.05) is 28.7 Å². The van der Waals surface area contributed by atoms with E-state index in [0.29, 0.717) is 11.4 Å². The second kappa shape index (κ2) is 3.98. The molecule has 1 aliphatic rings. The number of nitrogens with zero attached hydrogens (tertiary/aromatic N) is 1. The van der Waals surface area contributed by atoms with Gasteiger partial charge >= 0.3 is 0 Å². The first kappa shape index (κ1) is 9.49. The summed E-state index contributed by atoms with van der Waals surface area (Å²) in [4.78, 5) is 4.15. The second-order valence-electron chi connectivity index (χ2n) is 3.22. The van der Waals surface area contributed by atoms with Gasteiger partial charge in [0.25, 0.3) is 0 Å². The van der Waals surface area contributed by atoms with Crippen molar-refractivity contribution in [3.63, 3.8) is 0 Å². The predicted molar refractivity (Wildman–Crippen MR) is 59.7 cm³/mol. The summed E-state index contributed by atoms with van der Waals surface area (Å²) in [6, 6.07) is 2.73. The molecule has 4 heteroatoms. The molecule has 1 saturated heterocycles. The van der Waals surface area contributed by atoms with Crippen molar-refractivity contribution in [2.75, 3.05) is 5.75 Å². The summed E-state index contributed by atoms with van der Waals surface area (Å²) in [5.41, 5.74) is 1.25. The van der Waals surface area contributed by atoms with Gasteiger partial charge in [0.1, 0.15) is 0 Å². The monoisotopic (exact) mass is 258 g/mol. The van der Waals surface area contributed by atoms with Gasteiger partial charge in [-0.2, -0.15) is 0 Å². The number of hydrogen-bond acceptors (Lipinski definition) is 3. The van der Waals surface area contributed by atoms with Gasteiger partial charge in [-0.1, -0.05) is 0 Å². The average molecular weight is 259 g/mol. The van der Waals surface area contributed by atoms with Gasteiger partial charge in [-0.25, -0.2) is 0 Å². The molecule has 0 aromatic carbocycles. The van der Waals surface area contributed by atoms with Crippen LogP contribution >= 0.6 is 27.7 Å². The molecule has 0 saturated carbocycles. The lowest BCUT2D eigenvalue weighted by Crippen LogP contribution is -2.21. The van der Waals surface area contributed by atoms with Crippen molar-refractivity contribution in [1.29, 1.82) is 0 Å². The molecule has 13 heavy (non-hydrogen) atoms. The van der Waals surface area contributed by atoms with Crippen LogP contribution in [-0.2, 0) is 0 Å². The highest BCUT2D eigenvalue weighted by molar-refractivity contribution is 9.10. The van der Waals surface area contributed by atoms with Gasteiger partial charge < -0.3 is 0 Å². The molecule has 0 aliphatic carbocycles. The molecule has 0 radical (unpaired) electrons. The Hall–Kier alpha value is -0.0600. The van der Waals surface area contributed by atoms with Crippen LogP contribution in [0.15, 0.2) is 22.9 Å². The van der Waals surface area contributed by atoms with Crippen LogP contribution in [-0.4, -0.2) is 16.8 Å². The minimum absolute atomic E-state index is 0.417. The van der Waals surface area contributed by atoms with Crippen LogP contribution < -0.4 is 5.32 Å². The van der Waals surface area contributed by atoms with Crippen LogP contribution in [0.3, 0.4) is 0 Å². The van der Waals surface area contributed by atoms with Gasteiger partial charge in [0.2, 0.25) is 0 Å². The maximum Gasteiger partial charge on any atom is 0.0807 e. The zero-order chi connectivity index (χ0) is 9.26. The van der Waals surface area contributed by atoms with Gasteiger partial charge in [-0.3, -0.25) is 10.3 Å². The van der Waals surface area contributed by atoms with E-state index < -0.39 is 0 Å². The van der Waals surface area contributed by atoms with Crippen molar-refractivity contribution in [2.45, 2.75) is 18.3 Å². The molecule has 2 nitrogen and oxygen atoms in total. The van der Waals surface area contributed by atoms with Crippen molar-refractivity contribution < 1.29 is 0 Å². The molecule has 2 rings (SSSR count). The Kier molecular flexibility index (Phi) is 2.91. The van der Waals surface area contributed by atoms with E-state index in [1.807, 2.05) is 24.2 Å². The average Bonchev–Trinajstić information content (AvgIpc) is 2.52. The summed E-state index contributed by atoms with van der Waals surface area (Å²) < 4.78 is 1.05. The summed E-state index contributed by atoms with van der Waals surface area (Å²) in [5, 5.41) is 3.92. The Morgan fingerprint density at radius 1 is 1.62 bits per heavy atom. The largest absolute Gasteiger partial charge is 0.298 e. The molecule has 2 heterocycles. The Balaban J connectivity index is 2.16.